The lowest BCUT2D eigenvalue weighted by Gasteiger charge is -2.08. The molecule has 0 saturated carbocycles. The zero-order valence-electron chi connectivity index (χ0n) is 12.3. The Labute approximate surface area is 126 Å². The van der Waals surface area contributed by atoms with E-state index in [1.807, 2.05) is 19.0 Å². The number of carbonyl (C=O) groups excluding carboxylic acids is 1. The van der Waals surface area contributed by atoms with Crippen LogP contribution in [0.25, 0.3) is 11.3 Å². The van der Waals surface area contributed by atoms with Crippen LogP contribution in [-0.4, -0.2) is 31.3 Å². The number of furan rings is 1. The molecular formula is C16H16F3NO2. The molecule has 0 aliphatic carbocycles. The van der Waals surface area contributed by atoms with E-state index >= 15 is 0 Å². The summed E-state index contributed by atoms with van der Waals surface area (Å²) in [7, 11) is 3.70. The molecule has 0 aliphatic heterocycles. The number of hydrogen-bond donors (Lipinski definition) is 0. The maximum Gasteiger partial charge on any atom is 0.416 e. The highest BCUT2D eigenvalue weighted by Crippen LogP contribution is 2.32. The van der Waals surface area contributed by atoms with Gasteiger partial charge >= 0.3 is 6.18 Å². The summed E-state index contributed by atoms with van der Waals surface area (Å²) in [6.07, 6.45) is -4.12. The summed E-state index contributed by atoms with van der Waals surface area (Å²) in [6.45, 7) is 0.582. The van der Waals surface area contributed by atoms with E-state index in [1.165, 1.54) is 24.3 Å². The highest BCUT2D eigenvalue weighted by Gasteiger charge is 2.30. The van der Waals surface area contributed by atoms with Crippen LogP contribution in [0.3, 0.4) is 0 Å². The van der Waals surface area contributed by atoms with E-state index < -0.39 is 11.7 Å². The normalized spacial score (nSPS) is 11.9. The summed E-state index contributed by atoms with van der Waals surface area (Å²) in [5.41, 5.74) is -0.455. The molecule has 3 nitrogen and oxygen atoms in total. The number of alkyl halides is 3. The second-order valence-electron chi connectivity index (χ2n) is 5.22. The van der Waals surface area contributed by atoms with E-state index in [-0.39, 0.29) is 17.3 Å². The molecule has 0 atom stereocenters. The lowest BCUT2D eigenvalue weighted by atomic mass is 10.1. The van der Waals surface area contributed by atoms with Crippen molar-refractivity contribution in [2.75, 3.05) is 20.6 Å². The third-order valence-electron chi connectivity index (χ3n) is 3.14. The largest absolute Gasteiger partial charge is 0.453 e. The second kappa shape index (κ2) is 6.36. The van der Waals surface area contributed by atoms with Gasteiger partial charge < -0.3 is 9.32 Å². The Morgan fingerprint density at radius 1 is 1.18 bits per heavy atom. The van der Waals surface area contributed by atoms with Crippen molar-refractivity contribution in [3.63, 3.8) is 0 Å². The average molecular weight is 311 g/mol. The fourth-order valence-corrected chi connectivity index (χ4v) is 1.94. The Morgan fingerprint density at radius 3 is 2.55 bits per heavy atom. The van der Waals surface area contributed by atoms with Crippen molar-refractivity contribution < 1.29 is 22.4 Å². The summed E-state index contributed by atoms with van der Waals surface area (Å²) in [5.74, 6) is 0.237. The first-order valence-electron chi connectivity index (χ1n) is 6.73. The van der Waals surface area contributed by atoms with Crippen LogP contribution in [0.5, 0.6) is 0 Å². The van der Waals surface area contributed by atoms with Crippen LogP contribution in [-0.2, 0) is 6.18 Å². The third kappa shape index (κ3) is 3.98. The first kappa shape index (κ1) is 16.3. The van der Waals surface area contributed by atoms with Gasteiger partial charge in [-0.05, 0) is 38.4 Å². The summed E-state index contributed by atoms with van der Waals surface area (Å²) >= 11 is 0. The monoisotopic (exact) mass is 311 g/mol. The van der Waals surface area contributed by atoms with Crippen LogP contribution in [0.2, 0.25) is 0 Å². The lowest BCUT2D eigenvalue weighted by Crippen LogP contribution is -2.16. The van der Waals surface area contributed by atoms with Crippen LogP contribution in [0, 0.1) is 0 Å². The van der Waals surface area contributed by atoms with E-state index in [0.29, 0.717) is 18.5 Å². The molecule has 118 valence electrons. The lowest BCUT2D eigenvalue weighted by molar-refractivity contribution is -0.137. The van der Waals surface area contributed by atoms with Crippen molar-refractivity contribution in [3.05, 3.63) is 47.7 Å². The number of ketones is 1. The van der Waals surface area contributed by atoms with E-state index in [4.69, 9.17) is 4.42 Å². The van der Waals surface area contributed by atoms with Gasteiger partial charge in [0.2, 0.25) is 0 Å². The van der Waals surface area contributed by atoms with Gasteiger partial charge in [-0.1, -0.05) is 12.1 Å². The van der Waals surface area contributed by atoms with Gasteiger partial charge in [-0.15, -0.1) is 0 Å². The van der Waals surface area contributed by atoms with Gasteiger partial charge in [-0.2, -0.15) is 13.2 Å². The Hall–Kier alpha value is -2.08. The molecule has 0 spiro atoms. The van der Waals surface area contributed by atoms with E-state index in [9.17, 15) is 18.0 Å². The smallest absolute Gasteiger partial charge is 0.416 e. The summed E-state index contributed by atoms with van der Waals surface area (Å²) in [5, 5.41) is 0. The SMILES string of the molecule is CN(C)CCC(=O)c1ccc(-c2cccc(C(F)(F)F)c2)o1. The van der Waals surface area contributed by atoms with Crippen molar-refractivity contribution in [1.82, 2.24) is 4.90 Å². The maximum absolute atomic E-state index is 12.7. The minimum atomic E-state index is -4.41. The fraction of sp³-hybridized carbons (Fsp3) is 0.312. The molecule has 1 heterocycles. The van der Waals surface area contributed by atoms with Gasteiger partial charge in [0.1, 0.15) is 5.76 Å². The van der Waals surface area contributed by atoms with Crippen LogP contribution in [0.4, 0.5) is 13.2 Å². The molecule has 0 N–H and O–H groups in total. The van der Waals surface area contributed by atoms with Crippen LogP contribution in [0.15, 0.2) is 40.8 Å². The Morgan fingerprint density at radius 2 is 1.91 bits per heavy atom. The van der Waals surface area contributed by atoms with Gasteiger partial charge in [0.25, 0.3) is 0 Å². The molecule has 0 bridgehead atoms. The predicted molar refractivity (Wildman–Crippen MR) is 76.6 cm³/mol. The van der Waals surface area contributed by atoms with Crippen LogP contribution >= 0.6 is 0 Å². The Balaban J connectivity index is 2.20. The standard InChI is InChI=1S/C16H16F3NO2/c1-20(2)9-8-13(21)15-7-6-14(22-15)11-4-3-5-12(10-11)16(17,18)19/h3-7,10H,8-9H2,1-2H3. The first-order valence-corrected chi connectivity index (χ1v) is 6.73. The molecule has 0 unspecified atom stereocenters. The summed E-state index contributed by atoms with van der Waals surface area (Å²) in [6, 6.07) is 7.84. The van der Waals surface area contributed by atoms with Crippen LogP contribution in [0.1, 0.15) is 22.5 Å². The number of Topliss-reactive ketones (excluding diaryl/α,β-unsaturated/α-hetero) is 1. The molecule has 0 fully saturated rings. The van der Waals surface area contributed by atoms with Gasteiger partial charge in [-0.3, -0.25) is 4.79 Å². The van der Waals surface area contributed by atoms with Gasteiger partial charge in [0.15, 0.2) is 11.5 Å². The summed E-state index contributed by atoms with van der Waals surface area (Å²) in [4.78, 5) is 13.8. The summed E-state index contributed by atoms with van der Waals surface area (Å²) < 4.78 is 43.5. The van der Waals surface area contributed by atoms with E-state index in [1.54, 1.807) is 0 Å². The average Bonchev–Trinajstić information content (AvgIpc) is 2.94. The number of halogens is 3. The van der Waals surface area contributed by atoms with Crippen molar-refractivity contribution >= 4 is 5.78 Å². The van der Waals surface area contributed by atoms with Gasteiger partial charge in [0.05, 0.1) is 5.56 Å². The van der Waals surface area contributed by atoms with Gasteiger partial charge in [-0.25, -0.2) is 0 Å². The molecule has 0 amide bonds. The highest BCUT2D eigenvalue weighted by molar-refractivity contribution is 5.94. The van der Waals surface area contributed by atoms with Crippen LogP contribution < -0.4 is 0 Å². The molecule has 0 saturated heterocycles. The topological polar surface area (TPSA) is 33.5 Å². The molecular weight excluding hydrogens is 295 g/mol. The first-order chi connectivity index (χ1) is 10.3. The van der Waals surface area contributed by atoms with E-state index in [2.05, 4.69) is 0 Å². The molecule has 2 aromatic rings. The second-order valence-corrected chi connectivity index (χ2v) is 5.22. The third-order valence-corrected chi connectivity index (χ3v) is 3.14. The number of rotatable bonds is 5. The predicted octanol–water partition coefficient (Wildman–Crippen LogP) is 4.10. The molecule has 0 aliphatic rings. The molecule has 22 heavy (non-hydrogen) atoms. The number of nitrogens with zero attached hydrogens (tertiary/aromatic N) is 1. The Kier molecular flexibility index (Phi) is 4.71. The number of carbonyl (C=O) groups is 1. The zero-order chi connectivity index (χ0) is 16.3. The van der Waals surface area contributed by atoms with Crippen molar-refractivity contribution in [2.24, 2.45) is 0 Å². The Bertz CT molecular complexity index is 659. The van der Waals surface area contributed by atoms with Crippen molar-refractivity contribution in [1.29, 1.82) is 0 Å². The number of benzene rings is 1. The number of hydrogen-bond acceptors (Lipinski definition) is 3. The fourth-order valence-electron chi connectivity index (χ4n) is 1.94. The molecule has 2 rings (SSSR count). The molecule has 0 radical (unpaired) electrons. The van der Waals surface area contributed by atoms with Crippen molar-refractivity contribution in [3.8, 4) is 11.3 Å². The minimum absolute atomic E-state index is 0.161. The van der Waals surface area contributed by atoms with Crippen molar-refractivity contribution in [2.45, 2.75) is 12.6 Å². The zero-order valence-corrected chi connectivity index (χ0v) is 12.3. The molecule has 1 aromatic heterocycles. The van der Waals surface area contributed by atoms with Gasteiger partial charge in [0, 0.05) is 18.5 Å². The minimum Gasteiger partial charge on any atom is -0.453 e. The highest BCUT2D eigenvalue weighted by atomic mass is 19.4. The maximum atomic E-state index is 12.7. The molecule has 6 heteroatoms. The van der Waals surface area contributed by atoms with E-state index in [0.717, 1.165) is 12.1 Å². The quantitative estimate of drug-likeness (QED) is 0.780. The molecule has 1 aromatic carbocycles.